The van der Waals surface area contributed by atoms with Crippen molar-refractivity contribution in [1.82, 2.24) is 10.2 Å². The minimum atomic E-state index is -4.34. The first-order chi connectivity index (χ1) is 7.72. The predicted octanol–water partition coefficient (Wildman–Crippen LogP) is 1.70. The molecule has 94 valence electrons. The van der Waals surface area contributed by atoms with E-state index in [-0.39, 0.29) is 10.8 Å². The van der Waals surface area contributed by atoms with Crippen LogP contribution in [0.25, 0.3) is 0 Å². The van der Waals surface area contributed by atoms with Crippen molar-refractivity contribution in [1.29, 1.82) is 0 Å². The summed E-state index contributed by atoms with van der Waals surface area (Å²) in [5.74, 6) is -0.0436. The topological polar surface area (TPSA) is 63.8 Å². The van der Waals surface area contributed by atoms with Crippen LogP contribution in [0, 0.1) is 13.8 Å². The van der Waals surface area contributed by atoms with E-state index in [1.54, 1.807) is 13.8 Å². The summed E-state index contributed by atoms with van der Waals surface area (Å²) in [6.45, 7) is 2.15. The molecule has 1 rings (SSSR count). The second-order valence-corrected chi connectivity index (χ2v) is 3.91. The fourth-order valence-electron chi connectivity index (χ4n) is 1.22. The molecular formula is C9H11F3N4S. The van der Waals surface area contributed by atoms with Crippen LogP contribution in [-0.4, -0.2) is 27.9 Å². The average molecular weight is 264 g/mol. The Morgan fingerprint density at radius 2 is 1.94 bits per heavy atom. The Hall–Kier alpha value is -1.44. The number of alkyl halides is 3. The Labute approximate surface area is 101 Å². The molecule has 0 atom stereocenters. The number of aryl methyl sites for hydroxylation is 1. The zero-order valence-corrected chi connectivity index (χ0v) is 10.0. The number of hydrogen-bond donors (Lipinski definition) is 2. The number of nitrogens with one attached hydrogen (secondary N) is 1. The molecule has 0 amide bonds. The molecule has 0 radical (unpaired) electrons. The van der Waals surface area contributed by atoms with Crippen molar-refractivity contribution in [3.63, 3.8) is 0 Å². The molecule has 0 saturated heterocycles. The first-order valence-corrected chi connectivity index (χ1v) is 5.07. The van der Waals surface area contributed by atoms with Gasteiger partial charge < -0.3 is 11.1 Å². The molecule has 0 aliphatic carbocycles. The lowest BCUT2D eigenvalue weighted by atomic mass is 10.1. The maximum Gasteiger partial charge on any atom is 0.405 e. The van der Waals surface area contributed by atoms with Crippen molar-refractivity contribution in [3.8, 4) is 0 Å². The summed E-state index contributed by atoms with van der Waals surface area (Å²) in [6.07, 6.45) is -4.34. The molecule has 17 heavy (non-hydrogen) atoms. The van der Waals surface area contributed by atoms with E-state index in [1.165, 1.54) is 0 Å². The smallest absolute Gasteiger partial charge is 0.389 e. The Morgan fingerprint density at radius 1 is 1.35 bits per heavy atom. The number of halogens is 3. The zero-order chi connectivity index (χ0) is 13.2. The van der Waals surface area contributed by atoms with Gasteiger partial charge >= 0.3 is 6.18 Å². The van der Waals surface area contributed by atoms with Crippen LogP contribution in [0.1, 0.15) is 16.8 Å². The minimum Gasteiger partial charge on any atom is -0.389 e. The largest absolute Gasteiger partial charge is 0.405 e. The zero-order valence-electron chi connectivity index (χ0n) is 9.22. The van der Waals surface area contributed by atoms with Gasteiger partial charge in [0.2, 0.25) is 0 Å². The first kappa shape index (κ1) is 13.6. The third kappa shape index (κ3) is 3.52. The number of aromatic nitrogens is 2. The van der Waals surface area contributed by atoms with Crippen molar-refractivity contribution in [2.24, 2.45) is 5.73 Å². The third-order valence-corrected chi connectivity index (χ3v) is 2.36. The Kier molecular flexibility index (Phi) is 3.87. The molecule has 4 nitrogen and oxygen atoms in total. The molecule has 0 bridgehead atoms. The number of thiocarbonyl (C=S) groups is 1. The van der Waals surface area contributed by atoms with E-state index in [2.05, 4.69) is 15.5 Å². The van der Waals surface area contributed by atoms with Gasteiger partial charge in [0.15, 0.2) is 5.82 Å². The summed E-state index contributed by atoms with van der Waals surface area (Å²) in [4.78, 5) is -0.00910. The molecule has 1 aromatic heterocycles. The minimum absolute atomic E-state index is 0.00910. The predicted molar refractivity (Wildman–Crippen MR) is 61.9 cm³/mol. The van der Waals surface area contributed by atoms with Gasteiger partial charge in [-0.2, -0.15) is 18.3 Å². The maximum absolute atomic E-state index is 12.1. The van der Waals surface area contributed by atoms with Crippen LogP contribution in [0.5, 0.6) is 0 Å². The standard InChI is InChI=1S/C9H11F3N4S/c1-4-5(2)15-16-8(6(4)7(13)17)14-3-9(10,11)12/h3H2,1-2H3,(H2,13,17)(H,14,16). The summed E-state index contributed by atoms with van der Waals surface area (Å²) >= 11 is 4.79. The van der Waals surface area contributed by atoms with E-state index < -0.39 is 12.7 Å². The van der Waals surface area contributed by atoms with Crippen LogP contribution in [0.2, 0.25) is 0 Å². The van der Waals surface area contributed by atoms with Crippen LogP contribution >= 0.6 is 12.2 Å². The quantitative estimate of drug-likeness (QED) is 0.814. The van der Waals surface area contributed by atoms with Crippen molar-refractivity contribution < 1.29 is 13.2 Å². The highest BCUT2D eigenvalue weighted by atomic mass is 32.1. The van der Waals surface area contributed by atoms with E-state index in [9.17, 15) is 13.2 Å². The van der Waals surface area contributed by atoms with Crippen LogP contribution in [0.3, 0.4) is 0 Å². The fraction of sp³-hybridized carbons (Fsp3) is 0.444. The van der Waals surface area contributed by atoms with Gasteiger partial charge in [-0.05, 0) is 19.4 Å². The summed E-state index contributed by atoms with van der Waals surface area (Å²) < 4.78 is 36.2. The lowest BCUT2D eigenvalue weighted by Gasteiger charge is -2.14. The van der Waals surface area contributed by atoms with Crippen molar-refractivity contribution >= 4 is 23.0 Å². The third-order valence-electron chi connectivity index (χ3n) is 2.16. The Bertz CT molecular complexity index is 445. The first-order valence-electron chi connectivity index (χ1n) is 4.66. The van der Waals surface area contributed by atoms with Crippen molar-refractivity contribution in [3.05, 3.63) is 16.8 Å². The molecule has 0 aliphatic rings. The van der Waals surface area contributed by atoms with Gasteiger partial charge in [-0.3, -0.25) is 0 Å². The monoisotopic (exact) mass is 264 g/mol. The Morgan fingerprint density at radius 3 is 2.41 bits per heavy atom. The summed E-state index contributed by atoms with van der Waals surface area (Å²) in [5.41, 5.74) is 6.97. The number of anilines is 1. The lowest BCUT2D eigenvalue weighted by Crippen LogP contribution is -2.25. The molecule has 0 aliphatic heterocycles. The molecule has 8 heteroatoms. The average Bonchev–Trinajstić information content (AvgIpc) is 2.18. The van der Waals surface area contributed by atoms with Gasteiger partial charge in [-0.1, -0.05) is 12.2 Å². The van der Waals surface area contributed by atoms with Gasteiger partial charge in [0.25, 0.3) is 0 Å². The van der Waals surface area contributed by atoms with E-state index in [1.807, 2.05) is 0 Å². The number of nitrogens with two attached hydrogens (primary N) is 1. The number of nitrogens with zero attached hydrogens (tertiary/aromatic N) is 2. The lowest BCUT2D eigenvalue weighted by molar-refractivity contribution is -0.115. The number of rotatable bonds is 3. The van der Waals surface area contributed by atoms with Crippen molar-refractivity contribution in [2.75, 3.05) is 11.9 Å². The SMILES string of the molecule is Cc1nnc(NCC(F)(F)F)c(C(N)=S)c1C. The Balaban J connectivity index is 3.08. The molecule has 0 aromatic carbocycles. The molecular weight excluding hydrogens is 253 g/mol. The van der Waals surface area contributed by atoms with Gasteiger partial charge in [-0.15, -0.1) is 5.10 Å². The highest BCUT2D eigenvalue weighted by Gasteiger charge is 2.28. The van der Waals surface area contributed by atoms with Gasteiger partial charge in [0.1, 0.15) is 11.5 Å². The van der Waals surface area contributed by atoms with Crippen LogP contribution in [0.15, 0.2) is 0 Å². The normalized spacial score (nSPS) is 11.4. The van der Waals surface area contributed by atoms with E-state index in [4.69, 9.17) is 18.0 Å². The highest BCUT2D eigenvalue weighted by Crippen LogP contribution is 2.21. The second kappa shape index (κ2) is 4.82. The van der Waals surface area contributed by atoms with Gasteiger partial charge in [-0.25, -0.2) is 0 Å². The van der Waals surface area contributed by atoms with E-state index in [0.717, 1.165) is 0 Å². The molecule has 0 fully saturated rings. The summed E-state index contributed by atoms with van der Waals surface area (Å²) in [7, 11) is 0. The summed E-state index contributed by atoms with van der Waals surface area (Å²) in [5, 5.41) is 9.50. The van der Waals surface area contributed by atoms with Crippen LogP contribution in [-0.2, 0) is 0 Å². The molecule has 0 unspecified atom stereocenters. The molecule has 1 aromatic rings. The van der Waals surface area contributed by atoms with Crippen LogP contribution < -0.4 is 11.1 Å². The fourth-order valence-corrected chi connectivity index (χ4v) is 1.47. The van der Waals surface area contributed by atoms with E-state index in [0.29, 0.717) is 16.8 Å². The number of hydrogen-bond acceptors (Lipinski definition) is 4. The molecule has 0 saturated carbocycles. The van der Waals surface area contributed by atoms with Gasteiger partial charge in [0.05, 0.1) is 11.3 Å². The van der Waals surface area contributed by atoms with Crippen molar-refractivity contribution in [2.45, 2.75) is 20.0 Å². The second-order valence-electron chi connectivity index (χ2n) is 3.47. The van der Waals surface area contributed by atoms with E-state index >= 15 is 0 Å². The highest BCUT2D eigenvalue weighted by molar-refractivity contribution is 7.80. The molecule has 1 heterocycles. The summed E-state index contributed by atoms with van der Waals surface area (Å²) in [6, 6.07) is 0. The molecule has 3 N–H and O–H groups in total. The van der Waals surface area contributed by atoms with Gasteiger partial charge in [0, 0.05) is 0 Å². The van der Waals surface area contributed by atoms with Crippen LogP contribution in [0.4, 0.5) is 19.0 Å². The maximum atomic E-state index is 12.1. The molecule has 0 spiro atoms.